The molecule has 3 aromatic heterocycles. The minimum Gasteiger partial charge on any atom is -0.369 e. The monoisotopic (exact) mass is 1380 g/mol. The number of rotatable bonds is 12. The maximum Gasteiger partial charge on any atom is 0.221 e. The van der Waals surface area contributed by atoms with Crippen LogP contribution in [0.2, 0.25) is 0 Å². The topological polar surface area (TPSA) is 243 Å². The first-order valence-electron chi connectivity index (χ1n) is 35.9. The predicted molar refractivity (Wildman–Crippen MR) is 420 cm³/mol. The molecule has 520 valence electrons. The molecule has 6 N–H and O–H groups in total. The Bertz CT molecular complexity index is 5410. The Morgan fingerprint density at radius 1 is 0.362 bits per heavy atom. The summed E-state index contributed by atoms with van der Waals surface area (Å²) < 4.78 is 0. The highest BCUT2D eigenvalue weighted by atomic mass is 16.1. The molecular formula is C88H80N14O3. The van der Waals surface area contributed by atoms with Crippen LogP contribution in [0.25, 0.3) is 101 Å². The van der Waals surface area contributed by atoms with Crippen molar-refractivity contribution >= 4 is 46.6 Å². The van der Waals surface area contributed by atoms with Crippen LogP contribution in [-0.4, -0.2) is 123 Å². The van der Waals surface area contributed by atoms with Crippen molar-refractivity contribution in [3.05, 3.63) is 256 Å². The number of aryl methyl sites for hydroxylation is 3. The first-order chi connectivity index (χ1) is 51.0. The summed E-state index contributed by atoms with van der Waals surface area (Å²) in [5, 5.41) is 9.08. The largest absolute Gasteiger partial charge is 0.369 e. The summed E-state index contributed by atoms with van der Waals surface area (Å²) in [7, 11) is 0. The first-order valence-corrected chi connectivity index (χ1v) is 35.9. The van der Waals surface area contributed by atoms with E-state index in [1.54, 1.807) is 12.1 Å². The van der Waals surface area contributed by atoms with Gasteiger partial charge < -0.3 is 31.9 Å². The fraction of sp³-hybridized carbons (Fsp3) is 0.205. The minimum absolute atomic E-state index is 0.0515. The molecule has 2 fully saturated rings. The zero-order valence-electron chi connectivity index (χ0n) is 59.8. The zero-order valence-corrected chi connectivity index (χ0v) is 59.8. The molecule has 9 aromatic carbocycles. The number of nitrogens with zero attached hydrogens (tertiary/aromatic N) is 11. The number of ketones is 3. The number of likely N-dealkylation sites (N-methyl/N-ethyl adjacent to an activating group) is 1. The second kappa shape index (κ2) is 28.8. The summed E-state index contributed by atoms with van der Waals surface area (Å²) in [5.41, 5.74) is 42.6. The van der Waals surface area contributed by atoms with Crippen molar-refractivity contribution in [1.29, 1.82) is 5.26 Å². The van der Waals surface area contributed by atoms with E-state index in [1.165, 1.54) is 24.3 Å². The van der Waals surface area contributed by atoms with Gasteiger partial charge >= 0.3 is 0 Å². The van der Waals surface area contributed by atoms with Crippen molar-refractivity contribution in [3.63, 3.8) is 0 Å². The average molecular weight is 1380 g/mol. The highest BCUT2D eigenvalue weighted by molar-refractivity contribution is 6.27. The van der Waals surface area contributed by atoms with E-state index in [2.05, 4.69) is 137 Å². The van der Waals surface area contributed by atoms with Crippen LogP contribution >= 0.6 is 0 Å². The molecule has 0 atom stereocenters. The highest BCUT2D eigenvalue weighted by Gasteiger charge is 2.38. The maximum absolute atomic E-state index is 13.7. The van der Waals surface area contributed by atoms with E-state index in [0.29, 0.717) is 73.1 Å². The molecule has 17 nitrogen and oxygen atoms in total. The number of nitrogen functional groups attached to an aromatic ring is 3. The summed E-state index contributed by atoms with van der Waals surface area (Å²) in [6, 6.07) is 68.0. The molecule has 0 unspecified atom stereocenters. The minimum atomic E-state index is -0.105. The van der Waals surface area contributed by atoms with E-state index in [1.807, 2.05) is 148 Å². The van der Waals surface area contributed by atoms with E-state index in [0.717, 1.165) is 148 Å². The number of aromatic nitrogens is 6. The molecule has 0 amide bonds. The lowest BCUT2D eigenvalue weighted by atomic mass is 9.95. The molecular weight excluding hydrogens is 1300 g/mol. The van der Waals surface area contributed by atoms with E-state index >= 15 is 0 Å². The van der Waals surface area contributed by atoms with Gasteiger partial charge in [0.2, 0.25) is 17.8 Å². The molecule has 12 aromatic rings. The number of carbonyl (C=O) groups is 3. The zero-order chi connectivity index (χ0) is 72.7. The van der Waals surface area contributed by atoms with Crippen LogP contribution in [-0.2, 0) is 0 Å². The Labute approximate surface area is 611 Å². The number of piperazine rings is 2. The fourth-order valence-electron chi connectivity index (χ4n) is 14.9. The fourth-order valence-corrected chi connectivity index (χ4v) is 14.9. The van der Waals surface area contributed by atoms with Crippen LogP contribution in [0.1, 0.15) is 97.2 Å². The van der Waals surface area contributed by atoms with Crippen LogP contribution in [0.4, 0.5) is 29.2 Å². The van der Waals surface area contributed by atoms with Crippen LogP contribution in [0.3, 0.4) is 0 Å². The molecule has 0 saturated carbocycles. The number of carbonyl (C=O) groups excluding carboxylic acids is 3. The molecule has 2 aliphatic heterocycles. The molecule has 5 heterocycles. The van der Waals surface area contributed by atoms with Crippen LogP contribution < -0.4 is 27.0 Å². The summed E-state index contributed by atoms with van der Waals surface area (Å²) in [4.78, 5) is 77.7. The smallest absolute Gasteiger partial charge is 0.221 e. The Hall–Kier alpha value is -12.4. The molecule has 5 aliphatic rings. The second-order valence-corrected chi connectivity index (χ2v) is 27.9. The standard InChI is InChI=1S/C33H35N5O.C30H29N5O.C25H16N4O/c1-21(2)15-16-37-17-19-38(20-18-37)25-13-11-23(12-14-25)26-5-4-6-27-28(26)31-29(32(27)39)30(35-33(34)36-31)24-9-7-22(3)8-10-24;1-3-34-15-17-35(18-16-34)22-13-11-20(12-14-22)23-5-4-6-24-25(23)28-26(29(24)36)27(32-30(31)33-28)21-9-7-19(2)8-10-21;1-14-5-9-17(10-6-14)22-21-23(29-25(27)28-22)20-18(3-2-4-19(20)24(21)30)16-11-7-15(13-26)8-12-16/h4-14,21H,15-20H2,1-3H3,(H2,34,35,36);4-14H,3,15-18H2,1-2H3,(H2,31,32,33);2-12H,1H3,(H2,27,28,29). The van der Waals surface area contributed by atoms with Gasteiger partial charge in [0.05, 0.1) is 62.5 Å². The number of anilines is 5. The molecule has 0 bridgehead atoms. The third-order valence-corrected chi connectivity index (χ3v) is 20.7. The van der Waals surface area contributed by atoms with Crippen molar-refractivity contribution in [3.8, 4) is 107 Å². The summed E-state index contributed by atoms with van der Waals surface area (Å²) in [6.45, 7) is 23.7. The van der Waals surface area contributed by atoms with Crippen molar-refractivity contribution in [1.82, 2.24) is 39.7 Å². The normalized spacial score (nSPS) is 14.1. The molecule has 17 rings (SSSR count). The highest BCUT2D eigenvalue weighted by Crippen LogP contribution is 2.49. The van der Waals surface area contributed by atoms with E-state index in [-0.39, 0.29) is 35.2 Å². The first kappa shape index (κ1) is 68.4. The third-order valence-electron chi connectivity index (χ3n) is 20.7. The van der Waals surface area contributed by atoms with Gasteiger partial charge in [0.15, 0.2) is 17.3 Å². The Kier molecular flexibility index (Phi) is 18.8. The van der Waals surface area contributed by atoms with Gasteiger partial charge in [-0.2, -0.15) is 5.26 Å². The lowest BCUT2D eigenvalue weighted by Crippen LogP contribution is -2.46. The third kappa shape index (κ3) is 13.4. The number of nitriles is 1. The quantitative estimate of drug-likeness (QED) is 0.103. The van der Waals surface area contributed by atoms with Gasteiger partial charge in [-0.1, -0.05) is 201 Å². The van der Waals surface area contributed by atoms with Gasteiger partial charge in [-0.25, -0.2) is 29.9 Å². The number of benzene rings is 9. The average Bonchev–Trinajstić information content (AvgIpc) is 1.60. The van der Waals surface area contributed by atoms with E-state index in [4.69, 9.17) is 22.5 Å². The van der Waals surface area contributed by atoms with Crippen molar-refractivity contribution in [2.75, 3.05) is 92.4 Å². The van der Waals surface area contributed by atoms with Crippen molar-refractivity contribution in [2.45, 2.75) is 48.0 Å². The van der Waals surface area contributed by atoms with Crippen molar-refractivity contribution in [2.24, 2.45) is 5.92 Å². The summed E-state index contributed by atoms with van der Waals surface area (Å²) in [6.07, 6.45) is 1.25. The Morgan fingerprint density at radius 3 is 0.952 bits per heavy atom. The van der Waals surface area contributed by atoms with Gasteiger partial charge in [0, 0.05) is 114 Å². The summed E-state index contributed by atoms with van der Waals surface area (Å²) in [5.74, 6) is 0.997. The van der Waals surface area contributed by atoms with Crippen LogP contribution in [0.5, 0.6) is 0 Å². The predicted octanol–water partition coefficient (Wildman–Crippen LogP) is 15.9. The molecule has 0 spiro atoms. The number of fused-ring (bicyclic) bond motifs is 9. The molecule has 2 saturated heterocycles. The molecule has 0 radical (unpaired) electrons. The Morgan fingerprint density at radius 2 is 0.648 bits per heavy atom. The van der Waals surface area contributed by atoms with Crippen molar-refractivity contribution < 1.29 is 14.4 Å². The SMILES string of the molecule is CCN1CCN(c2ccc(-c3cccc4c3-c3nc(N)nc(-c5ccc(C)cc5)c3C4=O)cc2)CC1.Cc1ccc(-c2nc(N)nc3c2C(=O)c2cccc(-c4ccc(C#N)cc4)c2-3)cc1.Cc1ccc(-c2nc(N)nc3c2C(=O)c2cccc(-c4ccc(N5CCN(CCC(C)C)CC5)cc4)c2-3)cc1. The van der Waals surface area contributed by atoms with Gasteiger partial charge in [0.1, 0.15) is 0 Å². The van der Waals surface area contributed by atoms with E-state index < -0.39 is 0 Å². The van der Waals surface area contributed by atoms with Gasteiger partial charge in [-0.3, -0.25) is 19.3 Å². The second-order valence-electron chi connectivity index (χ2n) is 27.9. The van der Waals surface area contributed by atoms with Crippen LogP contribution in [0, 0.1) is 38.0 Å². The Balaban J connectivity index is 0.000000127. The lowest BCUT2D eigenvalue weighted by Gasteiger charge is -2.36. The van der Waals surface area contributed by atoms with E-state index in [9.17, 15) is 14.4 Å². The number of nitrogens with two attached hydrogens (primary N) is 3. The van der Waals surface area contributed by atoms with Gasteiger partial charge in [0.25, 0.3) is 0 Å². The number of hydrogen-bond acceptors (Lipinski definition) is 17. The maximum atomic E-state index is 13.7. The molecule has 17 heteroatoms. The number of hydrogen-bond donors (Lipinski definition) is 3. The molecule has 3 aliphatic carbocycles. The lowest BCUT2D eigenvalue weighted by molar-refractivity contribution is 0.103. The van der Waals surface area contributed by atoms with Crippen LogP contribution in [0.15, 0.2) is 200 Å². The molecule has 105 heavy (non-hydrogen) atoms. The summed E-state index contributed by atoms with van der Waals surface area (Å²) >= 11 is 0. The van der Waals surface area contributed by atoms with Gasteiger partial charge in [-0.15, -0.1) is 0 Å². The van der Waals surface area contributed by atoms with Gasteiger partial charge in [-0.05, 0) is 116 Å².